The summed E-state index contributed by atoms with van der Waals surface area (Å²) < 4.78 is 0. The third kappa shape index (κ3) is 1.61. The van der Waals surface area contributed by atoms with Crippen LogP contribution in [0.25, 0.3) is 0 Å². The number of hydrogen-bond acceptors (Lipinski definition) is 2. The van der Waals surface area contributed by atoms with E-state index in [2.05, 4.69) is 4.98 Å². The second kappa shape index (κ2) is 3.34. The van der Waals surface area contributed by atoms with Gasteiger partial charge in [-0.3, -0.25) is 9.59 Å². The lowest BCUT2D eigenvalue weighted by atomic mass is 10.1. The molecule has 1 N–H and O–H groups in total. The predicted octanol–water partition coefficient (Wildman–Crippen LogP) is 1.14. The van der Waals surface area contributed by atoms with Gasteiger partial charge in [0.2, 0.25) is 5.56 Å². The molecule has 3 heteroatoms. The number of rotatable bonds is 2. The minimum absolute atomic E-state index is 0.0575. The van der Waals surface area contributed by atoms with Gasteiger partial charge in [0, 0.05) is 17.8 Å². The number of hydrogen-bond donors (Lipinski definition) is 1. The minimum Gasteiger partial charge on any atom is -0.329 e. The van der Waals surface area contributed by atoms with E-state index in [9.17, 15) is 9.59 Å². The minimum atomic E-state index is -0.225. The highest BCUT2D eigenvalue weighted by molar-refractivity contribution is 5.95. The summed E-state index contributed by atoms with van der Waals surface area (Å²) in [6.45, 7) is 3.41. The van der Waals surface area contributed by atoms with E-state index in [1.807, 2.05) is 6.92 Å². The zero-order valence-corrected chi connectivity index (χ0v) is 7.18. The standard InChI is InChI=1S/C9H11NO2/c1-3-7-5-10-9(12)4-8(7)6(2)11/h4-5H,3H2,1-2H3,(H,10,12). The molecule has 1 aromatic heterocycles. The van der Waals surface area contributed by atoms with Crippen LogP contribution in [-0.4, -0.2) is 10.8 Å². The number of pyridine rings is 1. The van der Waals surface area contributed by atoms with Gasteiger partial charge in [0.15, 0.2) is 5.78 Å². The third-order valence-corrected chi connectivity index (χ3v) is 1.77. The van der Waals surface area contributed by atoms with Gasteiger partial charge in [-0.05, 0) is 18.9 Å². The zero-order chi connectivity index (χ0) is 9.14. The zero-order valence-electron chi connectivity index (χ0n) is 7.18. The van der Waals surface area contributed by atoms with Crippen molar-refractivity contribution < 1.29 is 4.79 Å². The van der Waals surface area contributed by atoms with Gasteiger partial charge in [0.05, 0.1) is 0 Å². The average Bonchev–Trinajstić information content (AvgIpc) is 2.04. The van der Waals surface area contributed by atoms with Crippen LogP contribution in [0.1, 0.15) is 29.8 Å². The summed E-state index contributed by atoms with van der Waals surface area (Å²) in [6, 6.07) is 1.35. The Hall–Kier alpha value is -1.38. The SMILES string of the molecule is CCc1c[nH]c(=O)cc1C(C)=O. The molecule has 1 aromatic rings. The van der Waals surface area contributed by atoms with Crippen molar-refractivity contribution >= 4 is 5.78 Å². The van der Waals surface area contributed by atoms with E-state index in [1.54, 1.807) is 6.20 Å². The fraction of sp³-hybridized carbons (Fsp3) is 0.333. The van der Waals surface area contributed by atoms with Crippen LogP contribution < -0.4 is 5.56 Å². The predicted molar refractivity (Wildman–Crippen MR) is 46.4 cm³/mol. The van der Waals surface area contributed by atoms with E-state index < -0.39 is 0 Å². The van der Waals surface area contributed by atoms with Gasteiger partial charge < -0.3 is 4.98 Å². The van der Waals surface area contributed by atoms with E-state index in [-0.39, 0.29) is 11.3 Å². The first-order valence-electron chi connectivity index (χ1n) is 3.87. The molecule has 64 valence electrons. The molecule has 0 bridgehead atoms. The number of ketones is 1. The largest absolute Gasteiger partial charge is 0.329 e. The van der Waals surface area contributed by atoms with Crippen LogP contribution in [0.15, 0.2) is 17.1 Å². The molecule has 0 saturated carbocycles. The number of aromatic amines is 1. The number of carbonyl (C=O) groups is 1. The third-order valence-electron chi connectivity index (χ3n) is 1.77. The molecule has 0 unspecified atom stereocenters. The van der Waals surface area contributed by atoms with E-state index in [0.717, 1.165) is 12.0 Å². The molecule has 0 aliphatic carbocycles. The highest BCUT2D eigenvalue weighted by atomic mass is 16.1. The van der Waals surface area contributed by atoms with E-state index in [4.69, 9.17) is 0 Å². The molecule has 0 aliphatic heterocycles. The van der Waals surface area contributed by atoms with Gasteiger partial charge in [0.1, 0.15) is 0 Å². The molecular formula is C9H11NO2. The number of carbonyl (C=O) groups excluding carboxylic acids is 1. The number of H-pyrrole nitrogens is 1. The van der Waals surface area contributed by atoms with Crippen LogP contribution in [0.3, 0.4) is 0 Å². The molecule has 0 saturated heterocycles. The number of nitrogens with one attached hydrogen (secondary N) is 1. The van der Waals surface area contributed by atoms with Gasteiger partial charge >= 0.3 is 0 Å². The van der Waals surface area contributed by atoms with E-state index in [0.29, 0.717) is 5.56 Å². The molecule has 0 atom stereocenters. The summed E-state index contributed by atoms with van der Waals surface area (Å²) in [6.07, 6.45) is 2.35. The molecule has 0 aliphatic rings. The monoisotopic (exact) mass is 165 g/mol. The maximum Gasteiger partial charge on any atom is 0.248 e. The molecule has 0 aromatic carbocycles. The molecule has 0 fully saturated rings. The Bertz CT molecular complexity index is 352. The van der Waals surface area contributed by atoms with Crippen LogP contribution in [-0.2, 0) is 6.42 Å². The molecule has 0 amide bonds. The lowest BCUT2D eigenvalue weighted by Gasteiger charge is -2.01. The molecule has 12 heavy (non-hydrogen) atoms. The first kappa shape index (κ1) is 8.71. The molecular weight excluding hydrogens is 154 g/mol. The second-order valence-electron chi connectivity index (χ2n) is 2.65. The average molecular weight is 165 g/mol. The Morgan fingerprint density at radius 3 is 2.75 bits per heavy atom. The molecule has 0 radical (unpaired) electrons. The van der Waals surface area contributed by atoms with Gasteiger partial charge in [-0.2, -0.15) is 0 Å². The van der Waals surface area contributed by atoms with Crippen LogP contribution in [0.4, 0.5) is 0 Å². The Morgan fingerprint density at radius 1 is 1.58 bits per heavy atom. The van der Waals surface area contributed by atoms with Gasteiger partial charge in [0.25, 0.3) is 0 Å². The quantitative estimate of drug-likeness (QED) is 0.668. The first-order chi connectivity index (χ1) is 5.65. The Labute approximate surface area is 70.4 Å². The molecule has 1 heterocycles. The van der Waals surface area contributed by atoms with Gasteiger partial charge in [-0.1, -0.05) is 6.92 Å². The van der Waals surface area contributed by atoms with Crippen molar-refractivity contribution in [2.75, 3.05) is 0 Å². The van der Waals surface area contributed by atoms with Crippen molar-refractivity contribution in [3.8, 4) is 0 Å². The molecule has 0 spiro atoms. The normalized spacial score (nSPS) is 9.83. The fourth-order valence-electron chi connectivity index (χ4n) is 1.12. The molecule has 3 nitrogen and oxygen atoms in total. The van der Waals surface area contributed by atoms with Crippen LogP contribution in [0.2, 0.25) is 0 Å². The van der Waals surface area contributed by atoms with Crippen LogP contribution in [0, 0.1) is 0 Å². The van der Waals surface area contributed by atoms with Gasteiger partial charge in [-0.25, -0.2) is 0 Å². The van der Waals surface area contributed by atoms with E-state index in [1.165, 1.54) is 13.0 Å². The lowest BCUT2D eigenvalue weighted by Crippen LogP contribution is -2.10. The van der Waals surface area contributed by atoms with Crippen molar-refractivity contribution in [1.82, 2.24) is 4.98 Å². The fourth-order valence-corrected chi connectivity index (χ4v) is 1.12. The van der Waals surface area contributed by atoms with Crippen LogP contribution >= 0.6 is 0 Å². The maximum absolute atomic E-state index is 11.0. The van der Waals surface area contributed by atoms with Crippen molar-refractivity contribution in [3.05, 3.63) is 33.7 Å². The first-order valence-corrected chi connectivity index (χ1v) is 3.87. The summed E-state index contributed by atoms with van der Waals surface area (Å²) >= 11 is 0. The smallest absolute Gasteiger partial charge is 0.248 e. The van der Waals surface area contributed by atoms with Crippen molar-refractivity contribution in [2.24, 2.45) is 0 Å². The van der Waals surface area contributed by atoms with Crippen molar-refractivity contribution in [2.45, 2.75) is 20.3 Å². The summed E-state index contributed by atoms with van der Waals surface area (Å²) in [5.74, 6) is -0.0575. The topological polar surface area (TPSA) is 49.9 Å². The van der Waals surface area contributed by atoms with Crippen molar-refractivity contribution in [1.29, 1.82) is 0 Å². The summed E-state index contributed by atoms with van der Waals surface area (Å²) in [5.41, 5.74) is 1.20. The number of aromatic nitrogens is 1. The summed E-state index contributed by atoms with van der Waals surface area (Å²) in [5, 5.41) is 0. The summed E-state index contributed by atoms with van der Waals surface area (Å²) in [7, 11) is 0. The lowest BCUT2D eigenvalue weighted by molar-refractivity contribution is 0.101. The maximum atomic E-state index is 11.0. The van der Waals surface area contributed by atoms with E-state index >= 15 is 0 Å². The number of aryl methyl sites for hydroxylation is 1. The Balaban J connectivity index is 3.31. The van der Waals surface area contributed by atoms with Gasteiger partial charge in [-0.15, -0.1) is 0 Å². The Kier molecular flexibility index (Phi) is 2.43. The van der Waals surface area contributed by atoms with Crippen molar-refractivity contribution in [3.63, 3.8) is 0 Å². The highest BCUT2D eigenvalue weighted by Crippen LogP contribution is 2.05. The summed E-state index contributed by atoms with van der Waals surface area (Å²) in [4.78, 5) is 24.4. The Morgan fingerprint density at radius 2 is 2.25 bits per heavy atom. The number of Topliss-reactive ketones (excluding diaryl/α,β-unsaturated/α-hetero) is 1. The van der Waals surface area contributed by atoms with Crippen LogP contribution in [0.5, 0.6) is 0 Å². The second-order valence-corrected chi connectivity index (χ2v) is 2.65. The highest BCUT2D eigenvalue weighted by Gasteiger charge is 2.05. The molecule has 1 rings (SSSR count).